The lowest BCUT2D eigenvalue weighted by molar-refractivity contribution is 0.0237. The quantitative estimate of drug-likeness (QED) is 0.134. The average Bonchev–Trinajstić information content (AvgIpc) is 2.91. The topological polar surface area (TPSA) is 46.2 Å². The van der Waals surface area contributed by atoms with E-state index in [1.807, 2.05) is 65.0 Å². The van der Waals surface area contributed by atoms with Crippen LogP contribution in [0.5, 0.6) is 5.75 Å². The highest BCUT2D eigenvalue weighted by Crippen LogP contribution is 2.27. The summed E-state index contributed by atoms with van der Waals surface area (Å²) in [6, 6.07) is 13.7. The zero-order chi connectivity index (χ0) is 27.7. The Hall–Kier alpha value is -0.640. The van der Waals surface area contributed by atoms with E-state index in [1.165, 1.54) is 4.90 Å². The first-order chi connectivity index (χ1) is 18.0. The van der Waals surface area contributed by atoms with Gasteiger partial charge in [0.1, 0.15) is 5.75 Å². The summed E-state index contributed by atoms with van der Waals surface area (Å²) < 4.78 is 26.5. The van der Waals surface area contributed by atoms with Crippen LogP contribution in [-0.4, -0.2) is 71.0 Å². The maximum absolute atomic E-state index is 5.93. The maximum Gasteiger partial charge on any atom is 0.118 e. The smallest absolute Gasteiger partial charge is 0.118 e. The van der Waals surface area contributed by atoms with E-state index in [1.54, 1.807) is 30.6 Å². The van der Waals surface area contributed by atoms with Crippen molar-refractivity contribution in [3.63, 3.8) is 0 Å². The van der Waals surface area contributed by atoms with Crippen molar-refractivity contribution in [1.29, 1.82) is 0 Å². The Morgan fingerprint density at radius 2 is 1.24 bits per heavy atom. The van der Waals surface area contributed by atoms with E-state index in [0.717, 1.165) is 35.4 Å². The van der Waals surface area contributed by atoms with E-state index in [-0.39, 0.29) is 6.10 Å². The molecule has 212 valence electrons. The molecule has 2 aromatic rings. The maximum atomic E-state index is 5.93. The highest BCUT2D eigenvalue weighted by atomic mass is 35.5. The van der Waals surface area contributed by atoms with Crippen LogP contribution in [0.1, 0.15) is 34.6 Å². The van der Waals surface area contributed by atoms with Crippen molar-refractivity contribution in [2.75, 3.05) is 64.9 Å². The van der Waals surface area contributed by atoms with Gasteiger partial charge in [-0.1, -0.05) is 37.0 Å². The molecule has 0 unspecified atom stereocenters. The molecule has 0 aliphatic rings. The second-order valence-electron chi connectivity index (χ2n) is 7.29. The first kappa shape index (κ1) is 36.4. The SMILES string of the molecule is CC.CC(C)OCCOCCSc1ccc(Cl)c(Cl)c1.CCOCCOCCSc1ccc(OC)cc1. The van der Waals surface area contributed by atoms with Gasteiger partial charge in [-0.25, -0.2) is 0 Å². The third kappa shape index (κ3) is 20.9. The number of hydrogen-bond acceptors (Lipinski definition) is 7. The van der Waals surface area contributed by atoms with Crippen LogP contribution in [0, 0.1) is 0 Å². The molecule has 0 aliphatic heterocycles. The third-order valence-electron chi connectivity index (χ3n) is 4.20. The summed E-state index contributed by atoms with van der Waals surface area (Å²) in [5.74, 6) is 2.74. The first-order valence-electron chi connectivity index (χ1n) is 12.7. The molecular weight excluding hydrogens is 551 g/mol. The van der Waals surface area contributed by atoms with E-state index in [2.05, 4.69) is 12.1 Å². The summed E-state index contributed by atoms with van der Waals surface area (Å²) in [6.45, 7) is 14.9. The van der Waals surface area contributed by atoms with Crippen molar-refractivity contribution in [3.8, 4) is 5.75 Å². The Morgan fingerprint density at radius 3 is 1.78 bits per heavy atom. The van der Waals surface area contributed by atoms with E-state index >= 15 is 0 Å². The third-order valence-corrected chi connectivity index (χ3v) is 6.87. The molecule has 0 radical (unpaired) electrons. The second kappa shape index (κ2) is 25.6. The Labute approximate surface area is 243 Å². The number of halogens is 2. The lowest BCUT2D eigenvalue weighted by Crippen LogP contribution is -2.10. The Bertz CT molecular complexity index is 780. The highest BCUT2D eigenvalue weighted by molar-refractivity contribution is 7.99. The fourth-order valence-corrected chi connectivity index (χ4v) is 4.42. The molecule has 0 saturated carbocycles. The molecule has 0 saturated heterocycles. The van der Waals surface area contributed by atoms with Crippen LogP contribution in [0.2, 0.25) is 10.0 Å². The van der Waals surface area contributed by atoms with E-state index in [0.29, 0.717) is 43.1 Å². The van der Waals surface area contributed by atoms with E-state index in [9.17, 15) is 0 Å². The minimum absolute atomic E-state index is 0.263. The van der Waals surface area contributed by atoms with Crippen LogP contribution in [0.25, 0.3) is 0 Å². The van der Waals surface area contributed by atoms with Crippen LogP contribution in [0.15, 0.2) is 52.3 Å². The summed E-state index contributed by atoms with van der Waals surface area (Å²) in [7, 11) is 1.67. The number of thioether (sulfide) groups is 2. The van der Waals surface area contributed by atoms with Gasteiger partial charge in [0.15, 0.2) is 0 Å². The number of hydrogen-bond donors (Lipinski definition) is 0. The summed E-state index contributed by atoms with van der Waals surface area (Å²) in [6.07, 6.45) is 0.263. The fraction of sp³-hybridized carbons (Fsp3) is 0.571. The summed E-state index contributed by atoms with van der Waals surface area (Å²) in [5.41, 5.74) is 0. The summed E-state index contributed by atoms with van der Waals surface area (Å²) in [5, 5.41) is 1.18. The molecule has 0 spiro atoms. The zero-order valence-corrected chi connectivity index (χ0v) is 26.2. The Kier molecular flexibility index (Phi) is 25.2. The molecule has 2 rings (SSSR count). The van der Waals surface area contributed by atoms with Gasteiger partial charge in [-0.2, -0.15) is 0 Å². The lowest BCUT2D eigenvalue weighted by Gasteiger charge is -2.08. The van der Waals surface area contributed by atoms with Crippen LogP contribution >= 0.6 is 46.7 Å². The summed E-state index contributed by atoms with van der Waals surface area (Å²) in [4.78, 5) is 2.34. The normalized spacial score (nSPS) is 10.4. The second-order valence-corrected chi connectivity index (χ2v) is 10.4. The van der Waals surface area contributed by atoms with Crippen molar-refractivity contribution < 1.29 is 23.7 Å². The predicted octanol–water partition coefficient (Wildman–Crippen LogP) is 8.39. The zero-order valence-electron chi connectivity index (χ0n) is 23.1. The number of methoxy groups -OCH3 is 1. The lowest BCUT2D eigenvalue weighted by atomic mass is 10.3. The van der Waals surface area contributed by atoms with E-state index < -0.39 is 0 Å². The molecule has 0 bridgehead atoms. The van der Waals surface area contributed by atoms with Crippen molar-refractivity contribution in [2.24, 2.45) is 0 Å². The van der Waals surface area contributed by atoms with Crippen molar-refractivity contribution in [3.05, 3.63) is 52.5 Å². The summed E-state index contributed by atoms with van der Waals surface area (Å²) >= 11 is 15.3. The molecule has 0 N–H and O–H groups in total. The van der Waals surface area contributed by atoms with Gasteiger partial charge < -0.3 is 23.7 Å². The van der Waals surface area contributed by atoms with Crippen LogP contribution in [-0.2, 0) is 18.9 Å². The molecule has 0 atom stereocenters. The molecular formula is C28H44Cl2O5S2. The van der Waals surface area contributed by atoms with Gasteiger partial charge in [0, 0.05) is 27.9 Å². The predicted molar refractivity (Wildman–Crippen MR) is 161 cm³/mol. The van der Waals surface area contributed by atoms with Gasteiger partial charge in [-0.05, 0) is 63.2 Å². The van der Waals surface area contributed by atoms with Crippen LogP contribution in [0.3, 0.4) is 0 Å². The fourth-order valence-electron chi connectivity index (χ4n) is 2.48. The molecule has 0 aliphatic carbocycles. The monoisotopic (exact) mass is 594 g/mol. The van der Waals surface area contributed by atoms with Crippen LogP contribution < -0.4 is 4.74 Å². The Balaban J connectivity index is 0.000000657. The Morgan fingerprint density at radius 1 is 0.703 bits per heavy atom. The van der Waals surface area contributed by atoms with Gasteiger partial charge in [0.2, 0.25) is 0 Å². The molecule has 0 aromatic heterocycles. The first-order valence-corrected chi connectivity index (χ1v) is 15.4. The van der Waals surface area contributed by atoms with Crippen molar-refractivity contribution >= 4 is 46.7 Å². The van der Waals surface area contributed by atoms with E-state index in [4.69, 9.17) is 46.9 Å². The number of benzene rings is 2. The molecule has 0 fully saturated rings. The van der Waals surface area contributed by atoms with Gasteiger partial charge >= 0.3 is 0 Å². The molecule has 37 heavy (non-hydrogen) atoms. The van der Waals surface area contributed by atoms with Crippen molar-refractivity contribution in [2.45, 2.75) is 50.5 Å². The molecule has 0 amide bonds. The largest absolute Gasteiger partial charge is 0.497 e. The number of ether oxygens (including phenoxy) is 5. The van der Waals surface area contributed by atoms with Gasteiger partial charge in [-0.3, -0.25) is 0 Å². The van der Waals surface area contributed by atoms with Gasteiger partial charge in [0.05, 0.1) is 62.9 Å². The average molecular weight is 596 g/mol. The molecule has 2 aromatic carbocycles. The van der Waals surface area contributed by atoms with Gasteiger partial charge in [0.25, 0.3) is 0 Å². The standard InChI is InChI=1S/C13H18Cl2O2S.C13H20O3S.C2H6/c1-10(2)17-6-5-16-7-8-18-11-3-4-12(14)13(15)9-11;1-3-15-8-9-16-10-11-17-13-6-4-12(14-2)5-7-13;1-2/h3-4,9-10H,5-8H2,1-2H3;4-7H,3,8-11H2,1-2H3;1-2H3. The molecule has 5 nitrogen and oxygen atoms in total. The highest BCUT2D eigenvalue weighted by Gasteiger charge is 2.00. The minimum Gasteiger partial charge on any atom is -0.497 e. The minimum atomic E-state index is 0.263. The van der Waals surface area contributed by atoms with Gasteiger partial charge in [-0.15, -0.1) is 23.5 Å². The molecule has 9 heteroatoms. The molecule has 0 heterocycles. The number of rotatable bonds is 17. The van der Waals surface area contributed by atoms with Crippen molar-refractivity contribution in [1.82, 2.24) is 0 Å². The van der Waals surface area contributed by atoms with Crippen LogP contribution in [0.4, 0.5) is 0 Å².